The van der Waals surface area contributed by atoms with Gasteiger partial charge in [0.05, 0.1) is 23.3 Å². The Morgan fingerprint density at radius 2 is 1.87 bits per heavy atom. The maximum absolute atomic E-state index is 13.3. The molecular formula is C28H33FN6O4. The standard InChI is InChI=1S/C28H33FN6O4/c1-18(25(36)33-24-10-9-23(16-31-24)39-22-7-5-21(29)6-8-22)34-11-12-35(28(2,3)17-34)27(38)20-13-19(14-30-4)26(37)32-15-20/h5-10,13,15-16,18,30H,11-12,14,17H2,1-4H3,(H,32,37)(H,31,33,36)/t18-/m0/s1. The van der Waals surface area contributed by atoms with Gasteiger partial charge in [0.25, 0.3) is 11.5 Å². The number of pyridine rings is 2. The molecule has 11 heteroatoms. The summed E-state index contributed by atoms with van der Waals surface area (Å²) in [4.78, 5) is 49.1. The fourth-order valence-corrected chi connectivity index (χ4v) is 4.58. The molecule has 1 aliphatic heterocycles. The molecule has 39 heavy (non-hydrogen) atoms. The molecular weight excluding hydrogens is 503 g/mol. The predicted molar refractivity (Wildman–Crippen MR) is 145 cm³/mol. The van der Waals surface area contributed by atoms with Crippen molar-refractivity contribution in [3.63, 3.8) is 0 Å². The van der Waals surface area contributed by atoms with Gasteiger partial charge in [0, 0.05) is 37.9 Å². The lowest BCUT2D eigenvalue weighted by Gasteiger charge is -2.48. The molecule has 1 saturated heterocycles. The molecule has 0 radical (unpaired) electrons. The summed E-state index contributed by atoms with van der Waals surface area (Å²) in [5.74, 6) is 0.567. The summed E-state index contributed by atoms with van der Waals surface area (Å²) in [7, 11) is 1.74. The zero-order valence-corrected chi connectivity index (χ0v) is 22.5. The van der Waals surface area contributed by atoms with Crippen LogP contribution in [0.4, 0.5) is 10.2 Å². The van der Waals surface area contributed by atoms with E-state index in [4.69, 9.17) is 4.74 Å². The van der Waals surface area contributed by atoms with Gasteiger partial charge in [-0.25, -0.2) is 9.37 Å². The number of H-pyrrole nitrogens is 1. The molecule has 1 aromatic carbocycles. The van der Waals surface area contributed by atoms with Crippen LogP contribution in [-0.4, -0.2) is 69.8 Å². The van der Waals surface area contributed by atoms with Crippen molar-refractivity contribution >= 4 is 17.6 Å². The van der Waals surface area contributed by atoms with Gasteiger partial charge in [-0.2, -0.15) is 0 Å². The third-order valence-corrected chi connectivity index (χ3v) is 6.74. The molecule has 0 bridgehead atoms. The molecule has 3 heterocycles. The number of anilines is 1. The molecule has 10 nitrogen and oxygen atoms in total. The molecule has 0 unspecified atom stereocenters. The fraction of sp³-hybridized carbons (Fsp3) is 0.357. The largest absolute Gasteiger partial charge is 0.456 e. The number of benzene rings is 1. The van der Waals surface area contributed by atoms with Crippen LogP contribution in [-0.2, 0) is 11.3 Å². The number of ether oxygens (including phenoxy) is 1. The van der Waals surface area contributed by atoms with E-state index in [-0.39, 0.29) is 23.2 Å². The summed E-state index contributed by atoms with van der Waals surface area (Å²) < 4.78 is 18.7. The molecule has 1 aliphatic rings. The van der Waals surface area contributed by atoms with Gasteiger partial charge >= 0.3 is 0 Å². The number of hydrogen-bond donors (Lipinski definition) is 3. The molecule has 0 saturated carbocycles. The Balaban J connectivity index is 1.36. The van der Waals surface area contributed by atoms with E-state index in [1.165, 1.54) is 36.7 Å². The van der Waals surface area contributed by atoms with Crippen LogP contribution in [0.25, 0.3) is 0 Å². The van der Waals surface area contributed by atoms with E-state index in [0.29, 0.717) is 54.6 Å². The van der Waals surface area contributed by atoms with Gasteiger partial charge in [-0.15, -0.1) is 0 Å². The van der Waals surface area contributed by atoms with Crippen LogP contribution < -0.4 is 20.9 Å². The lowest BCUT2D eigenvalue weighted by atomic mass is 9.96. The first kappa shape index (κ1) is 27.9. The second kappa shape index (κ2) is 11.7. The van der Waals surface area contributed by atoms with Gasteiger partial charge in [0.2, 0.25) is 5.91 Å². The van der Waals surface area contributed by atoms with Crippen molar-refractivity contribution < 1.29 is 18.7 Å². The van der Waals surface area contributed by atoms with E-state index in [0.717, 1.165) is 0 Å². The van der Waals surface area contributed by atoms with Crippen molar-refractivity contribution in [3.05, 3.63) is 82.2 Å². The number of piperazine rings is 1. The molecule has 3 aromatic rings. The highest BCUT2D eigenvalue weighted by molar-refractivity contribution is 5.95. The third-order valence-electron chi connectivity index (χ3n) is 6.74. The Labute approximate surface area is 226 Å². The van der Waals surface area contributed by atoms with Crippen LogP contribution in [0.1, 0.15) is 36.7 Å². The van der Waals surface area contributed by atoms with E-state index >= 15 is 0 Å². The zero-order valence-electron chi connectivity index (χ0n) is 22.5. The molecule has 206 valence electrons. The minimum Gasteiger partial charge on any atom is -0.456 e. The maximum atomic E-state index is 13.3. The number of hydrogen-bond acceptors (Lipinski definition) is 7. The van der Waals surface area contributed by atoms with Gasteiger partial charge in [-0.1, -0.05) is 0 Å². The lowest BCUT2D eigenvalue weighted by molar-refractivity contribution is -0.122. The van der Waals surface area contributed by atoms with Gasteiger partial charge in [0.1, 0.15) is 23.1 Å². The van der Waals surface area contributed by atoms with Gasteiger partial charge in [-0.05, 0) is 70.3 Å². The minimum atomic E-state index is -0.555. The Hall–Kier alpha value is -4.09. The van der Waals surface area contributed by atoms with Crippen LogP contribution in [0, 0.1) is 5.82 Å². The Morgan fingerprint density at radius 1 is 1.15 bits per heavy atom. The SMILES string of the molecule is CNCc1cc(C(=O)N2CCN([C@@H](C)C(=O)Nc3ccc(Oc4ccc(F)cc4)cn3)CC2(C)C)c[nH]c1=O. The lowest BCUT2D eigenvalue weighted by Crippen LogP contribution is -2.63. The number of rotatable bonds is 8. The number of nitrogens with one attached hydrogen (secondary N) is 3. The van der Waals surface area contributed by atoms with Crippen molar-refractivity contribution in [1.82, 2.24) is 25.1 Å². The number of aromatic amines is 1. The van der Waals surface area contributed by atoms with E-state index < -0.39 is 11.6 Å². The topological polar surface area (TPSA) is 120 Å². The normalized spacial score (nSPS) is 16.0. The number of carbonyl (C=O) groups is 2. The number of aromatic nitrogens is 2. The molecule has 3 N–H and O–H groups in total. The van der Waals surface area contributed by atoms with Crippen LogP contribution in [0.2, 0.25) is 0 Å². The summed E-state index contributed by atoms with van der Waals surface area (Å²) in [6.45, 7) is 7.52. The van der Waals surface area contributed by atoms with E-state index in [1.54, 1.807) is 30.1 Å². The minimum absolute atomic E-state index is 0.169. The van der Waals surface area contributed by atoms with Gasteiger partial charge < -0.3 is 25.3 Å². The molecule has 0 aliphatic carbocycles. The number of halogens is 1. The summed E-state index contributed by atoms with van der Waals surface area (Å²) in [5, 5.41) is 5.77. The molecule has 4 rings (SSSR count). The predicted octanol–water partition coefficient (Wildman–Crippen LogP) is 2.98. The van der Waals surface area contributed by atoms with Crippen LogP contribution in [0.3, 0.4) is 0 Å². The monoisotopic (exact) mass is 536 g/mol. The fourth-order valence-electron chi connectivity index (χ4n) is 4.58. The van der Waals surface area contributed by atoms with Crippen molar-refractivity contribution in [2.24, 2.45) is 0 Å². The van der Waals surface area contributed by atoms with Crippen molar-refractivity contribution in [3.8, 4) is 11.5 Å². The van der Waals surface area contributed by atoms with Crippen molar-refractivity contribution in [2.45, 2.75) is 38.9 Å². The van der Waals surface area contributed by atoms with E-state index in [1.807, 2.05) is 25.7 Å². The van der Waals surface area contributed by atoms with Crippen LogP contribution in [0.5, 0.6) is 11.5 Å². The average molecular weight is 537 g/mol. The first-order chi connectivity index (χ1) is 18.6. The quantitative estimate of drug-likeness (QED) is 0.405. The Kier molecular flexibility index (Phi) is 8.41. The highest BCUT2D eigenvalue weighted by atomic mass is 19.1. The second-order valence-electron chi connectivity index (χ2n) is 10.1. The summed E-state index contributed by atoms with van der Waals surface area (Å²) in [6, 6.07) is 10.1. The molecule has 1 atom stereocenters. The highest BCUT2D eigenvalue weighted by Crippen LogP contribution is 2.26. The van der Waals surface area contributed by atoms with Gasteiger partial charge in [-0.3, -0.25) is 19.3 Å². The third kappa shape index (κ3) is 6.68. The first-order valence-corrected chi connectivity index (χ1v) is 12.7. The van der Waals surface area contributed by atoms with E-state index in [9.17, 15) is 18.8 Å². The van der Waals surface area contributed by atoms with Crippen molar-refractivity contribution in [1.29, 1.82) is 0 Å². The maximum Gasteiger partial charge on any atom is 0.255 e. The van der Waals surface area contributed by atoms with Crippen LogP contribution >= 0.6 is 0 Å². The molecule has 1 fully saturated rings. The Bertz CT molecular complexity index is 1370. The summed E-state index contributed by atoms with van der Waals surface area (Å²) >= 11 is 0. The highest BCUT2D eigenvalue weighted by Gasteiger charge is 2.39. The smallest absolute Gasteiger partial charge is 0.255 e. The van der Waals surface area contributed by atoms with Crippen molar-refractivity contribution in [2.75, 3.05) is 32.0 Å². The number of amides is 2. The average Bonchev–Trinajstić information content (AvgIpc) is 2.91. The molecule has 2 aromatic heterocycles. The summed E-state index contributed by atoms with van der Waals surface area (Å²) in [5.41, 5.74) is 0.133. The molecule has 0 spiro atoms. The summed E-state index contributed by atoms with van der Waals surface area (Å²) in [6.07, 6.45) is 2.93. The first-order valence-electron chi connectivity index (χ1n) is 12.7. The number of nitrogens with zero attached hydrogens (tertiary/aromatic N) is 3. The van der Waals surface area contributed by atoms with Gasteiger partial charge in [0.15, 0.2) is 0 Å². The number of carbonyl (C=O) groups excluding carboxylic acids is 2. The second-order valence-corrected chi connectivity index (χ2v) is 10.1. The Morgan fingerprint density at radius 3 is 2.51 bits per heavy atom. The zero-order chi connectivity index (χ0) is 28.2. The van der Waals surface area contributed by atoms with E-state index in [2.05, 4.69) is 20.6 Å². The molecule has 2 amide bonds. The van der Waals surface area contributed by atoms with Crippen LogP contribution in [0.15, 0.2) is 59.7 Å².